The van der Waals surface area contributed by atoms with Crippen LogP contribution in [0.15, 0.2) is 24.3 Å². The van der Waals surface area contributed by atoms with Crippen LogP contribution in [0.3, 0.4) is 0 Å². The standard InChI is InChI=1S/C11H13NO.CH4/c1-8(2)12-7-9-5-3-4-6-10(9)11(12)13;/h3-6,8H,7H2,1-2H3;1H4. The molecule has 2 heteroatoms. The fourth-order valence-electron chi connectivity index (χ4n) is 1.69. The Morgan fingerprint density at radius 3 is 2.50 bits per heavy atom. The van der Waals surface area contributed by atoms with Gasteiger partial charge < -0.3 is 4.90 Å². The van der Waals surface area contributed by atoms with E-state index in [0.29, 0.717) is 6.04 Å². The number of benzene rings is 1. The average Bonchev–Trinajstić information content (AvgIpc) is 2.45. The van der Waals surface area contributed by atoms with Crippen molar-refractivity contribution in [1.82, 2.24) is 4.90 Å². The molecular weight excluding hydrogens is 174 g/mol. The molecule has 1 amide bonds. The second-order valence-corrected chi connectivity index (χ2v) is 3.68. The number of fused-ring (bicyclic) bond motifs is 1. The summed E-state index contributed by atoms with van der Waals surface area (Å²) in [6.07, 6.45) is 0. The zero-order chi connectivity index (χ0) is 9.42. The maximum atomic E-state index is 11.8. The van der Waals surface area contributed by atoms with Gasteiger partial charge in [0, 0.05) is 18.2 Å². The zero-order valence-electron chi connectivity index (χ0n) is 7.95. The fourth-order valence-corrected chi connectivity index (χ4v) is 1.69. The normalized spacial score (nSPS) is 14.2. The third-order valence-electron chi connectivity index (χ3n) is 2.47. The number of amides is 1. The van der Waals surface area contributed by atoms with Crippen LogP contribution in [0.25, 0.3) is 0 Å². The molecule has 0 saturated carbocycles. The Balaban J connectivity index is 0.000000980. The molecule has 1 aromatic rings. The van der Waals surface area contributed by atoms with Gasteiger partial charge in [-0.25, -0.2) is 0 Å². The van der Waals surface area contributed by atoms with E-state index in [4.69, 9.17) is 0 Å². The number of carbonyl (C=O) groups is 1. The monoisotopic (exact) mass is 191 g/mol. The summed E-state index contributed by atoms with van der Waals surface area (Å²) in [6.45, 7) is 4.86. The van der Waals surface area contributed by atoms with Crippen LogP contribution in [0.5, 0.6) is 0 Å². The summed E-state index contributed by atoms with van der Waals surface area (Å²) in [6, 6.07) is 8.12. The Kier molecular flexibility index (Phi) is 2.94. The third kappa shape index (κ3) is 1.52. The van der Waals surface area contributed by atoms with Crippen LogP contribution in [-0.4, -0.2) is 16.8 Å². The van der Waals surface area contributed by atoms with Crippen LogP contribution >= 0.6 is 0 Å². The molecule has 0 unspecified atom stereocenters. The van der Waals surface area contributed by atoms with Gasteiger partial charge in [0.15, 0.2) is 0 Å². The molecule has 2 nitrogen and oxygen atoms in total. The molecule has 0 saturated heterocycles. The van der Waals surface area contributed by atoms with Crippen molar-refractivity contribution in [2.45, 2.75) is 33.9 Å². The zero-order valence-corrected chi connectivity index (χ0v) is 7.95. The van der Waals surface area contributed by atoms with Gasteiger partial charge in [0.05, 0.1) is 0 Å². The summed E-state index contributed by atoms with van der Waals surface area (Å²) in [5, 5.41) is 0. The Bertz CT molecular complexity index is 344. The van der Waals surface area contributed by atoms with Crippen molar-refractivity contribution < 1.29 is 4.79 Å². The van der Waals surface area contributed by atoms with E-state index in [-0.39, 0.29) is 13.3 Å². The number of hydrogen-bond donors (Lipinski definition) is 0. The lowest BCUT2D eigenvalue weighted by atomic mass is 10.1. The van der Waals surface area contributed by atoms with E-state index in [2.05, 4.69) is 0 Å². The molecular formula is C12H17NO. The molecule has 0 spiro atoms. The van der Waals surface area contributed by atoms with E-state index in [1.165, 1.54) is 0 Å². The maximum Gasteiger partial charge on any atom is 0.254 e. The predicted octanol–water partition coefficient (Wildman–Crippen LogP) is 2.69. The van der Waals surface area contributed by atoms with Gasteiger partial charge in [-0.2, -0.15) is 0 Å². The highest BCUT2D eigenvalue weighted by Gasteiger charge is 2.27. The minimum absolute atomic E-state index is 0. The molecule has 0 bridgehead atoms. The minimum Gasteiger partial charge on any atom is -0.332 e. The fraction of sp³-hybridized carbons (Fsp3) is 0.417. The number of nitrogens with zero attached hydrogens (tertiary/aromatic N) is 1. The Morgan fingerprint density at radius 2 is 1.93 bits per heavy atom. The molecule has 0 N–H and O–H groups in total. The quantitative estimate of drug-likeness (QED) is 0.668. The van der Waals surface area contributed by atoms with Crippen LogP contribution in [0.4, 0.5) is 0 Å². The molecule has 0 aliphatic carbocycles. The van der Waals surface area contributed by atoms with Crippen LogP contribution in [0, 0.1) is 0 Å². The second kappa shape index (κ2) is 3.82. The van der Waals surface area contributed by atoms with E-state index < -0.39 is 0 Å². The van der Waals surface area contributed by atoms with Crippen LogP contribution in [0.1, 0.15) is 37.2 Å². The molecule has 1 heterocycles. The molecule has 0 aromatic heterocycles. The molecule has 1 aromatic carbocycles. The first-order valence-corrected chi connectivity index (χ1v) is 4.59. The Labute approximate surface area is 85.5 Å². The molecule has 1 aliphatic heterocycles. The highest BCUT2D eigenvalue weighted by atomic mass is 16.2. The molecule has 76 valence electrons. The Hall–Kier alpha value is -1.31. The van der Waals surface area contributed by atoms with Crippen molar-refractivity contribution >= 4 is 5.91 Å². The molecule has 0 fully saturated rings. The number of rotatable bonds is 1. The molecule has 0 atom stereocenters. The van der Waals surface area contributed by atoms with Gasteiger partial charge in [0.2, 0.25) is 0 Å². The number of hydrogen-bond acceptors (Lipinski definition) is 1. The summed E-state index contributed by atoms with van der Waals surface area (Å²) < 4.78 is 0. The van der Waals surface area contributed by atoms with E-state index in [1.54, 1.807) is 0 Å². The van der Waals surface area contributed by atoms with Gasteiger partial charge in [-0.1, -0.05) is 25.6 Å². The largest absolute Gasteiger partial charge is 0.332 e. The van der Waals surface area contributed by atoms with Crippen molar-refractivity contribution in [3.8, 4) is 0 Å². The van der Waals surface area contributed by atoms with Gasteiger partial charge in [0.1, 0.15) is 0 Å². The second-order valence-electron chi connectivity index (χ2n) is 3.68. The van der Waals surface area contributed by atoms with Crippen LogP contribution in [-0.2, 0) is 6.54 Å². The lowest BCUT2D eigenvalue weighted by Crippen LogP contribution is -2.30. The van der Waals surface area contributed by atoms with E-state index in [1.807, 2.05) is 43.0 Å². The van der Waals surface area contributed by atoms with Gasteiger partial charge >= 0.3 is 0 Å². The van der Waals surface area contributed by atoms with Gasteiger partial charge in [-0.05, 0) is 25.5 Å². The number of carbonyl (C=O) groups excluding carboxylic acids is 1. The molecule has 1 aliphatic rings. The van der Waals surface area contributed by atoms with Gasteiger partial charge in [0.25, 0.3) is 5.91 Å². The summed E-state index contributed by atoms with van der Waals surface area (Å²) in [5.41, 5.74) is 2.03. The van der Waals surface area contributed by atoms with Gasteiger partial charge in [-0.15, -0.1) is 0 Å². The average molecular weight is 191 g/mol. The highest BCUT2D eigenvalue weighted by Crippen LogP contribution is 2.23. The highest BCUT2D eigenvalue weighted by molar-refractivity contribution is 5.98. The molecule has 14 heavy (non-hydrogen) atoms. The van der Waals surface area contributed by atoms with Crippen molar-refractivity contribution in [3.63, 3.8) is 0 Å². The smallest absolute Gasteiger partial charge is 0.254 e. The first-order valence-electron chi connectivity index (χ1n) is 4.59. The summed E-state index contributed by atoms with van der Waals surface area (Å²) >= 11 is 0. The first kappa shape index (κ1) is 10.8. The lowest BCUT2D eigenvalue weighted by Gasteiger charge is -2.19. The summed E-state index contributed by atoms with van der Waals surface area (Å²) in [7, 11) is 0. The maximum absolute atomic E-state index is 11.8. The van der Waals surface area contributed by atoms with E-state index >= 15 is 0 Å². The van der Waals surface area contributed by atoms with Crippen molar-refractivity contribution in [1.29, 1.82) is 0 Å². The van der Waals surface area contributed by atoms with Crippen LogP contribution in [0.2, 0.25) is 0 Å². The van der Waals surface area contributed by atoms with Crippen LogP contribution < -0.4 is 0 Å². The van der Waals surface area contributed by atoms with Gasteiger partial charge in [-0.3, -0.25) is 4.79 Å². The van der Waals surface area contributed by atoms with E-state index in [9.17, 15) is 4.79 Å². The van der Waals surface area contributed by atoms with Crippen molar-refractivity contribution in [2.75, 3.05) is 0 Å². The van der Waals surface area contributed by atoms with Crippen molar-refractivity contribution in [2.24, 2.45) is 0 Å². The SMILES string of the molecule is C.CC(C)N1Cc2ccccc2C1=O. The summed E-state index contributed by atoms with van der Waals surface area (Å²) in [4.78, 5) is 13.7. The Morgan fingerprint density at radius 1 is 1.29 bits per heavy atom. The third-order valence-corrected chi connectivity index (χ3v) is 2.47. The van der Waals surface area contributed by atoms with E-state index in [0.717, 1.165) is 17.7 Å². The molecule has 0 radical (unpaired) electrons. The predicted molar refractivity (Wildman–Crippen MR) is 58.2 cm³/mol. The molecule has 2 rings (SSSR count). The lowest BCUT2D eigenvalue weighted by molar-refractivity contribution is 0.0730. The summed E-state index contributed by atoms with van der Waals surface area (Å²) in [5.74, 6) is 0.172. The first-order chi connectivity index (χ1) is 6.20. The minimum atomic E-state index is 0. The topological polar surface area (TPSA) is 20.3 Å². The van der Waals surface area contributed by atoms with Crippen molar-refractivity contribution in [3.05, 3.63) is 35.4 Å².